The van der Waals surface area contributed by atoms with Gasteiger partial charge in [0.05, 0.1) is 24.7 Å². The SMILES string of the molecule is COc1cc(/N=C/N(C)C)c(C#N)cc1C1(C)CN(C(=O)OC(C)(C)C)C1. The highest BCUT2D eigenvalue weighted by molar-refractivity contribution is 5.72. The number of carbonyl (C=O) groups is 1. The van der Waals surface area contributed by atoms with Gasteiger partial charge in [-0.3, -0.25) is 0 Å². The maximum atomic E-state index is 12.2. The van der Waals surface area contributed by atoms with Crippen LogP contribution in [0.2, 0.25) is 0 Å². The molecule has 1 aromatic carbocycles. The quantitative estimate of drug-likeness (QED) is 0.599. The molecule has 0 atom stereocenters. The van der Waals surface area contributed by atoms with E-state index in [1.165, 1.54) is 0 Å². The van der Waals surface area contributed by atoms with Crippen LogP contribution >= 0.6 is 0 Å². The van der Waals surface area contributed by atoms with Crippen molar-refractivity contribution in [3.63, 3.8) is 0 Å². The van der Waals surface area contributed by atoms with Gasteiger partial charge in [0.1, 0.15) is 17.4 Å². The molecule has 0 N–H and O–H groups in total. The number of nitrogens with zero attached hydrogens (tertiary/aromatic N) is 4. The van der Waals surface area contributed by atoms with Crippen LogP contribution in [0.3, 0.4) is 0 Å². The lowest BCUT2D eigenvalue weighted by Crippen LogP contribution is -2.60. The van der Waals surface area contributed by atoms with Crippen LogP contribution in [-0.4, -0.2) is 62.1 Å². The molecule has 1 amide bonds. The Hall–Kier alpha value is -2.75. The smallest absolute Gasteiger partial charge is 0.410 e. The number of aliphatic imine (C=N–C) groups is 1. The number of benzene rings is 1. The average Bonchev–Trinajstić information content (AvgIpc) is 2.54. The molecular formula is C20H28N4O3. The summed E-state index contributed by atoms with van der Waals surface area (Å²) in [6.45, 7) is 8.60. The maximum absolute atomic E-state index is 12.2. The lowest BCUT2D eigenvalue weighted by molar-refractivity contribution is -0.00688. The molecule has 0 saturated carbocycles. The minimum absolute atomic E-state index is 0.308. The number of hydrogen-bond donors (Lipinski definition) is 0. The van der Waals surface area contributed by atoms with Crippen molar-refractivity contribution >= 4 is 18.1 Å². The number of hydrogen-bond acceptors (Lipinski definition) is 5. The Bertz CT molecular complexity index is 782. The van der Waals surface area contributed by atoms with E-state index in [9.17, 15) is 10.1 Å². The molecule has 1 saturated heterocycles. The first-order valence-corrected chi connectivity index (χ1v) is 8.80. The van der Waals surface area contributed by atoms with Crippen molar-refractivity contribution in [2.75, 3.05) is 34.3 Å². The second kappa shape index (κ2) is 7.47. The van der Waals surface area contributed by atoms with Crippen molar-refractivity contribution in [2.24, 2.45) is 4.99 Å². The molecule has 1 aliphatic heterocycles. The minimum atomic E-state index is -0.527. The molecule has 7 nitrogen and oxygen atoms in total. The summed E-state index contributed by atoms with van der Waals surface area (Å²) >= 11 is 0. The number of methoxy groups -OCH3 is 1. The number of likely N-dealkylation sites (tertiary alicyclic amines) is 1. The molecular weight excluding hydrogens is 344 g/mol. The van der Waals surface area contributed by atoms with Crippen LogP contribution in [0.15, 0.2) is 17.1 Å². The summed E-state index contributed by atoms with van der Waals surface area (Å²) in [5.74, 6) is 0.659. The summed E-state index contributed by atoms with van der Waals surface area (Å²) in [5, 5.41) is 9.53. The van der Waals surface area contributed by atoms with Gasteiger partial charge in [-0.2, -0.15) is 5.26 Å². The third-order valence-corrected chi connectivity index (χ3v) is 4.25. The van der Waals surface area contributed by atoms with Crippen LogP contribution in [-0.2, 0) is 10.2 Å². The predicted molar refractivity (Wildman–Crippen MR) is 105 cm³/mol. The minimum Gasteiger partial charge on any atom is -0.496 e. The Morgan fingerprint density at radius 3 is 2.48 bits per heavy atom. The molecule has 27 heavy (non-hydrogen) atoms. The first-order valence-electron chi connectivity index (χ1n) is 8.80. The lowest BCUT2D eigenvalue weighted by Gasteiger charge is -2.48. The van der Waals surface area contributed by atoms with Crippen molar-refractivity contribution in [3.05, 3.63) is 23.3 Å². The second-order valence-electron chi connectivity index (χ2n) is 8.29. The third-order valence-electron chi connectivity index (χ3n) is 4.25. The molecule has 0 bridgehead atoms. The Kier molecular flexibility index (Phi) is 5.69. The van der Waals surface area contributed by atoms with Gasteiger partial charge in [-0.25, -0.2) is 9.79 Å². The summed E-state index contributed by atoms with van der Waals surface area (Å²) in [6, 6.07) is 5.79. The Labute approximate surface area is 161 Å². The number of nitriles is 1. The van der Waals surface area contributed by atoms with Gasteiger partial charge in [-0.05, 0) is 26.8 Å². The van der Waals surface area contributed by atoms with Crippen molar-refractivity contribution < 1.29 is 14.3 Å². The molecule has 1 aliphatic rings. The van der Waals surface area contributed by atoms with E-state index in [2.05, 4.69) is 18.0 Å². The first kappa shape index (κ1) is 20.6. The highest BCUT2D eigenvalue weighted by atomic mass is 16.6. The molecule has 1 heterocycles. The molecule has 1 fully saturated rings. The van der Waals surface area contributed by atoms with E-state index in [1.54, 1.807) is 29.3 Å². The van der Waals surface area contributed by atoms with Gasteiger partial charge in [-0.15, -0.1) is 0 Å². The lowest BCUT2D eigenvalue weighted by atomic mass is 9.74. The summed E-state index contributed by atoms with van der Waals surface area (Å²) in [7, 11) is 5.32. The summed E-state index contributed by atoms with van der Waals surface area (Å²) in [6.07, 6.45) is 1.32. The standard InChI is InChI=1S/C20H28N4O3/c1-19(2,3)27-18(25)24-11-20(4,12-24)15-8-14(10-21)16(9-17(15)26-7)22-13-23(5)6/h8-9,13H,11-12H2,1-7H3/b22-13+. The van der Waals surface area contributed by atoms with Gasteiger partial charge in [-0.1, -0.05) is 6.92 Å². The van der Waals surface area contributed by atoms with Crippen molar-refractivity contribution in [3.8, 4) is 11.8 Å². The van der Waals surface area contributed by atoms with Gasteiger partial charge < -0.3 is 19.3 Å². The fourth-order valence-corrected chi connectivity index (χ4v) is 3.01. The predicted octanol–water partition coefficient (Wildman–Crippen LogP) is 3.30. The van der Waals surface area contributed by atoms with Gasteiger partial charge >= 0.3 is 6.09 Å². The largest absolute Gasteiger partial charge is 0.496 e. The summed E-state index contributed by atoms with van der Waals surface area (Å²) < 4.78 is 11.0. The third kappa shape index (κ3) is 4.70. The molecule has 2 rings (SSSR count). The molecule has 7 heteroatoms. The van der Waals surface area contributed by atoms with Gasteiger partial charge in [0.2, 0.25) is 0 Å². The van der Waals surface area contributed by atoms with Crippen LogP contribution in [0.25, 0.3) is 0 Å². The van der Waals surface area contributed by atoms with Crippen LogP contribution in [0, 0.1) is 11.3 Å². The van der Waals surface area contributed by atoms with E-state index in [0.717, 1.165) is 5.56 Å². The van der Waals surface area contributed by atoms with Crippen molar-refractivity contribution in [1.29, 1.82) is 5.26 Å². The second-order valence-corrected chi connectivity index (χ2v) is 8.29. The number of amides is 1. The molecule has 0 aromatic heterocycles. The Morgan fingerprint density at radius 1 is 1.37 bits per heavy atom. The van der Waals surface area contributed by atoms with Crippen LogP contribution in [0.1, 0.15) is 38.8 Å². The zero-order chi connectivity index (χ0) is 20.4. The van der Waals surface area contributed by atoms with Crippen LogP contribution < -0.4 is 4.74 Å². The highest BCUT2D eigenvalue weighted by Gasteiger charge is 2.46. The monoisotopic (exact) mass is 372 g/mol. The molecule has 0 radical (unpaired) electrons. The van der Waals surface area contributed by atoms with Gasteiger partial charge in [0.25, 0.3) is 0 Å². The highest BCUT2D eigenvalue weighted by Crippen LogP contribution is 2.42. The Morgan fingerprint density at radius 2 is 2.00 bits per heavy atom. The van der Waals surface area contributed by atoms with E-state index >= 15 is 0 Å². The van der Waals surface area contributed by atoms with Crippen molar-refractivity contribution in [2.45, 2.75) is 38.7 Å². The first-order chi connectivity index (χ1) is 12.5. The van der Waals surface area contributed by atoms with E-state index < -0.39 is 5.60 Å². The maximum Gasteiger partial charge on any atom is 0.410 e. The fourth-order valence-electron chi connectivity index (χ4n) is 3.01. The molecule has 146 valence electrons. The average molecular weight is 372 g/mol. The van der Waals surface area contributed by atoms with Gasteiger partial charge in [0.15, 0.2) is 0 Å². The van der Waals surface area contributed by atoms with Crippen LogP contribution in [0.5, 0.6) is 5.75 Å². The van der Waals surface area contributed by atoms with Gasteiger partial charge in [0, 0.05) is 44.2 Å². The fraction of sp³-hybridized carbons (Fsp3) is 0.550. The zero-order valence-electron chi connectivity index (χ0n) is 17.2. The molecule has 0 aliphatic carbocycles. The van der Waals surface area contributed by atoms with E-state index in [-0.39, 0.29) is 11.5 Å². The van der Waals surface area contributed by atoms with E-state index in [4.69, 9.17) is 9.47 Å². The normalized spacial score (nSPS) is 15.9. The molecule has 1 aromatic rings. The number of ether oxygens (including phenoxy) is 2. The molecule has 0 unspecified atom stereocenters. The number of rotatable bonds is 4. The van der Waals surface area contributed by atoms with E-state index in [0.29, 0.717) is 30.1 Å². The van der Waals surface area contributed by atoms with Crippen LogP contribution in [0.4, 0.5) is 10.5 Å². The Balaban J connectivity index is 2.28. The van der Waals surface area contributed by atoms with E-state index in [1.807, 2.05) is 40.9 Å². The topological polar surface area (TPSA) is 78.2 Å². The number of carbonyl (C=O) groups excluding carboxylic acids is 1. The summed E-state index contributed by atoms with van der Waals surface area (Å²) in [5.41, 5.74) is 1.09. The summed E-state index contributed by atoms with van der Waals surface area (Å²) in [4.78, 5) is 20.0. The zero-order valence-corrected chi connectivity index (χ0v) is 17.2. The van der Waals surface area contributed by atoms with Crippen molar-refractivity contribution in [1.82, 2.24) is 9.80 Å². The molecule has 0 spiro atoms.